The molecule has 0 bridgehead atoms. The largest absolute Gasteiger partial charge is 0.481 e. The molecule has 0 rings (SSSR count). The number of hydrogen-bond donors (Lipinski definition) is 4. The molecule has 0 amide bonds. The first-order chi connectivity index (χ1) is 7.19. The predicted molar refractivity (Wildman–Crippen MR) is 48.0 cm³/mol. The number of carboxylic acids is 3. The fourth-order valence-corrected chi connectivity index (χ4v) is 0.949. The summed E-state index contributed by atoms with van der Waals surface area (Å²) in [5.74, 6) is -5.50. The van der Waals surface area contributed by atoms with Crippen molar-refractivity contribution in [1.82, 2.24) is 6.15 Å². The molecule has 0 heterocycles. The van der Waals surface area contributed by atoms with Crippen LogP contribution in [0, 0.1) is 10.1 Å². The Morgan fingerprint density at radius 1 is 1.12 bits per heavy atom. The molecule has 0 radical (unpaired) electrons. The normalized spacial score (nSPS) is 9.88. The van der Waals surface area contributed by atoms with Gasteiger partial charge in [-0.2, -0.15) is 0 Å². The maximum atomic E-state index is 10.7. The van der Waals surface area contributed by atoms with Gasteiger partial charge in [0.2, 0.25) is 5.60 Å². The van der Waals surface area contributed by atoms with Crippen molar-refractivity contribution in [2.24, 2.45) is 0 Å². The molecule has 0 aromatic carbocycles. The van der Waals surface area contributed by atoms with E-state index in [-0.39, 0.29) is 6.15 Å². The van der Waals surface area contributed by atoms with Crippen LogP contribution >= 0.6 is 0 Å². The molecule has 0 aliphatic rings. The van der Waals surface area contributed by atoms with Gasteiger partial charge in [-0.15, -0.1) is 10.1 Å². The second kappa shape index (κ2) is 6.22. The van der Waals surface area contributed by atoms with Crippen molar-refractivity contribution in [3.05, 3.63) is 10.1 Å². The minimum absolute atomic E-state index is 0. The number of nitrogens with zero attached hydrogens (tertiary/aromatic N) is 1. The summed E-state index contributed by atoms with van der Waals surface area (Å²) in [4.78, 5) is 45.0. The summed E-state index contributed by atoms with van der Waals surface area (Å²) in [5, 5.41) is 33.8. The molecule has 0 saturated carbocycles. The maximum absolute atomic E-state index is 10.7. The summed E-state index contributed by atoms with van der Waals surface area (Å²) in [6, 6.07) is 0. The van der Waals surface area contributed by atoms with E-state index in [1.54, 1.807) is 0 Å². The lowest BCUT2D eigenvalue weighted by atomic mass is 9.96. The first kappa shape index (κ1) is 17.0. The van der Waals surface area contributed by atoms with Crippen LogP contribution in [0.5, 0.6) is 0 Å². The van der Waals surface area contributed by atoms with Gasteiger partial charge in [-0.05, 0) is 0 Å². The Hall–Kier alpha value is -2.43. The highest BCUT2D eigenvalue weighted by molar-refractivity contribution is 5.88. The van der Waals surface area contributed by atoms with Gasteiger partial charge in [-0.1, -0.05) is 0 Å². The molecule has 0 fully saturated rings. The van der Waals surface area contributed by atoms with E-state index in [0.29, 0.717) is 0 Å². The lowest BCUT2D eigenvalue weighted by molar-refractivity contribution is -0.776. The van der Waals surface area contributed by atoms with Gasteiger partial charge in [0, 0.05) is 0 Å². The monoisotopic (exact) mass is 254 g/mol. The highest BCUT2D eigenvalue weighted by Crippen LogP contribution is 2.22. The van der Waals surface area contributed by atoms with Gasteiger partial charge in [0.1, 0.15) is 0 Å². The fraction of sp³-hybridized carbons (Fsp3) is 0.500. The third kappa shape index (κ3) is 5.27. The smallest absolute Gasteiger partial charge is 0.337 e. The molecule has 0 unspecified atom stereocenters. The number of hydrogen-bond acceptors (Lipinski definition) is 7. The van der Waals surface area contributed by atoms with E-state index in [2.05, 4.69) is 4.84 Å². The number of carboxylic acid groups (broad SMARTS) is 3. The van der Waals surface area contributed by atoms with Crippen LogP contribution in [-0.4, -0.2) is 43.9 Å². The van der Waals surface area contributed by atoms with E-state index in [1.165, 1.54) is 0 Å². The third-order valence-corrected chi connectivity index (χ3v) is 1.51. The Morgan fingerprint density at radius 3 is 1.65 bits per heavy atom. The summed E-state index contributed by atoms with van der Waals surface area (Å²) >= 11 is 0. The Morgan fingerprint density at radius 2 is 1.47 bits per heavy atom. The summed E-state index contributed by atoms with van der Waals surface area (Å²) < 4.78 is 0. The zero-order valence-electron chi connectivity index (χ0n) is 8.36. The van der Waals surface area contributed by atoms with Gasteiger partial charge < -0.3 is 21.5 Å². The first-order valence-corrected chi connectivity index (χ1v) is 3.70. The average molecular weight is 254 g/mol. The third-order valence-electron chi connectivity index (χ3n) is 1.51. The summed E-state index contributed by atoms with van der Waals surface area (Å²) in [6.07, 6.45) is -2.68. The average Bonchev–Trinajstić information content (AvgIpc) is 1.98. The lowest BCUT2D eigenvalue weighted by Gasteiger charge is -2.22. The maximum Gasteiger partial charge on any atom is 0.337 e. The van der Waals surface area contributed by atoms with Crippen LogP contribution in [0.4, 0.5) is 0 Å². The molecule has 0 aliphatic heterocycles. The molecule has 0 spiro atoms. The van der Waals surface area contributed by atoms with Gasteiger partial charge in [0.15, 0.2) is 0 Å². The van der Waals surface area contributed by atoms with Crippen molar-refractivity contribution in [1.29, 1.82) is 0 Å². The summed E-state index contributed by atoms with van der Waals surface area (Å²) in [5.41, 5.74) is -2.92. The van der Waals surface area contributed by atoms with E-state index >= 15 is 0 Å². The molecule has 11 nitrogen and oxygen atoms in total. The molecule has 0 saturated heterocycles. The van der Waals surface area contributed by atoms with Crippen LogP contribution in [0.1, 0.15) is 12.8 Å². The van der Waals surface area contributed by atoms with E-state index < -0.39 is 41.4 Å². The Balaban J connectivity index is 0. The topological polar surface area (TPSA) is 199 Å². The Kier molecular flexibility index (Phi) is 6.21. The number of rotatable bonds is 7. The van der Waals surface area contributed by atoms with Gasteiger partial charge >= 0.3 is 17.9 Å². The van der Waals surface area contributed by atoms with E-state index in [1.807, 2.05) is 0 Å². The molecular weight excluding hydrogens is 244 g/mol. The quantitative estimate of drug-likeness (QED) is 0.326. The first-order valence-electron chi connectivity index (χ1n) is 3.70. The lowest BCUT2D eigenvalue weighted by Crippen LogP contribution is -2.46. The Bertz CT molecular complexity index is 298. The van der Waals surface area contributed by atoms with Crippen LogP contribution in [0.2, 0.25) is 0 Å². The number of aliphatic carboxylic acids is 3. The van der Waals surface area contributed by atoms with E-state index in [0.717, 1.165) is 0 Å². The second-order valence-corrected chi connectivity index (χ2v) is 2.76. The van der Waals surface area contributed by atoms with Crippen molar-refractivity contribution in [3.63, 3.8) is 0 Å². The van der Waals surface area contributed by atoms with Gasteiger partial charge in [-0.25, -0.2) is 4.79 Å². The molecule has 11 heteroatoms. The minimum atomic E-state index is -2.92. The highest BCUT2D eigenvalue weighted by atomic mass is 17.0. The molecule has 6 N–H and O–H groups in total. The summed E-state index contributed by atoms with van der Waals surface area (Å²) in [7, 11) is 0. The van der Waals surface area contributed by atoms with Crippen LogP contribution in [0.15, 0.2) is 0 Å². The van der Waals surface area contributed by atoms with Crippen molar-refractivity contribution in [2.45, 2.75) is 18.4 Å². The van der Waals surface area contributed by atoms with Crippen molar-refractivity contribution < 1.29 is 39.6 Å². The van der Waals surface area contributed by atoms with Crippen molar-refractivity contribution in [2.75, 3.05) is 0 Å². The zero-order valence-corrected chi connectivity index (χ0v) is 8.36. The predicted octanol–water partition coefficient (Wildman–Crippen LogP) is -0.871. The second-order valence-electron chi connectivity index (χ2n) is 2.76. The SMILES string of the molecule is N.O=C(O)CC(CC(=O)O)(O[N+](=O)[O-])C(=O)O. The van der Waals surface area contributed by atoms with E-state index in [9.17, 15) is 24.5 Å². The standard InChI is InChI=1S/C6H7NO9.H3N/c8-3(9)1-6(5(12)13,2-4(10)11)16-7(14)15;/h1-2H2,(H,8,9)(H,10,11)(H,12,13);1H3. The van der Waals surface area contributed by atoms with Crippen LogP contribution in [0.3, 0.4) is 0 Å². The van der Waals surface area contributed by atoms with Crippen LogP contribution in [0.25, 0.3) is 0 Å². The molecule has 0 aromatic heterocycles. The Labute approximate surface area is 93.3 Å². The highest BCUT2D eigenvalue weighted by Gasteiger charge is 2.47. The fourth-order valence-electron chi connectivity index (χ4n) is 0.949. The van der Waals surface area contributed by atoms with Crippen LogP contribution in [-0.2, 0) is 19.2 Å². The zero-order chi connectivity index (χ0) is 12.9. The molecule has 98 valence electrons. The number of carbonyl (C=O) groups is 3. The molecule has 0 aliphatic carbocycles. The van der Waals surface area contributed by atoms with Gasteiger partial charge in [0.25, 0.3) is 5.09 Å². The van der Waals surface area contributed by atoms with Gasteiger partial charge in [-0.3, -0.25) is 14.4 Å². The molecule has 17 heavy (non-hydrogen) atoms. The molecule has 0 atom stereocenters. The van der Waals surface area contributed by atoms with Crippen molar-refractivity contribution in [3.8, 4) is 0 Å². The van der Waals surface area contributed by atoms with Crippen molar-refractivity contribution >= 4 is 17.9 Å². The summed E-state index contributed by atoms with van der Waals surface area (Å²) in [6.45, 7) is 0. The molecular formula is C6H10N2O9. The van der Waals surface area contributed by atoms with Crippen LogP contribution < -0.4 is 6.15 Å². The minimum Gasteiger partial charge on any atom is -0.481 e. The molecule has 0 aromatic rings. The van der Waals surface area contributed by atoms with Gasteiger partial charge in [0.05, 0.1) is 12.8 Å². The van der Waals surface area contributed by atoms with E-state index in [4.69, 9.17) is 15.3 Å².